The second-order valence-corrected chi connectivity index (χ2v) is 9.42. The number of piperidine rings is 1. The number of aryl methyl sites for hydroxylation is 1. The van der Waals surface area contributed by atoms with Crippen molar-refractivity contribution in [3.05, 3.63) is 53.3 Å². The number of pyridine rings is 1. The molecule has 0 spiro atoms. The van der Waals surface area contributed by atoms with E-state index in [0.717, 1.165) is 24.9 Å². The number of likely N-dealkylation sites (tertiary alicyclic amines) is 1. The van der Waals surface area contributed by atoms with Crippen LogP contribution in [0.4, 0.5) is 5.69 Å². The lowest BCUT2D eigenvalue weighted by atomic mass is 9.98. The minimum Gasteiger partial charge on any atom is -0.322 e. The number of nitrogens with zero attached hydrogens (tertiary/aromatic N) is 2. The van der Waals surface area contributed by atoms with Gasteiger partial charge in [-0.25, -0.2) is 18.1 Å². The Bertz CT molecular complexity index is 950. The zero-order valence-electron chi connectivity index (χ0n) is 16.3. The van der Waals surface area contributed by atoms with Gasteiger partial charge in [-0.05, 0) is 56.5 Å². The molecule has 1 saturated heterocycles. The zero-order chi connectivity index (χ0) is 20.9. The zero-order valence-corrected chi connectivity index (χ0v) is 17.8. The van der Waals surface area contributed by atoms with Crippen molar-refractivity contribution in [1.29, 1.82) is 0 Å². The third-order valence-electron chi connectivity index (χ3n) is 4.90. The van der Waals surface area contributed by atoms with Crippen LogP contribution in [0.25, 0.3) is 0 Å². The van der Waals surface area contributed by atoms with E-state index < -0.39 is 10.0 Å². The van der Waals surface area contributed by atoms with E-state index in [2.05, 4.69) is 15.0 Å². The number of halogens is 1. The summed E-state index contributed by atoms with van der Waals surface area (Å²) in [7, 11) is -3.53. The fourth-order valence-electron chi connectivity index (χ4n) is 3.36. The SMILES string of the molecule is Cc1ccc(S(=O)(=O)NCC2CCCN(CC(=O)Nc3cccnc3Cl)C2)cc1. The molecular weight excluding hydrogens is 412 g/mol. The first-order valence-electron chi connectivity index (χ1n) is 9.52. The molecule has 1 unspecified atom stereocenters. The molecule has 0 saturated carbocycles. The second kappa shape index (κ2) is 9.67. The summed E-state index contributed by atoms with van der Waals surface area (Å²) in [4.78, 5) is 18.6. The lowest BCUT2D eigenvalue weighted by molar-refractivity contribution is -0.117. The van der Waals surface area contributed by atoms with E-state index in [-0.39, 0.29) is 28.4 Å². The molecule has 0 bridgehead atoms. The molecule has 1 atom stereocenters. The number of nitrogens with one attached hydrogen (secondary N) is 2. The minimum atomic E-state index is -3.53. The van der Waals surface area contributed by atoms with Gasteiger partial charge in [-0.1, -0.05) is 29.3 Å². The van der Waals surface area contributed by atoms with Crippen LogP contribution in [-0.4, -0.2) is 50.4 Å². The lowest BCUT2D eigenvalue weighted by Crippen LogP contribution is -2.43. The number of rotatable bonds is 7. The van der Waals surface area contributed by atoms with Crippen LogP contribution in [0.15, 0.2) is 47.5 Å². The van der Waals surface area contributed by atoms with Crippen LogP contribution in [0.1, 0.15) is 18.4 Å². The van der Waals surface area contributed by atoms with Gasteiger partial charge < -0.3 is 5.32 Å². The van der Waals surface area contributed by atoms with Crippen LogP contribution in [0.3, 0.4) is 0 Å². The normalized spacial score (nSPS) is 17.8. The molecule has 7 nitrogen and oxygen atoms in total. The maximum Gasteiger partial charge on any atom is 0.240 e. The molecule has 1 aromatic heterocycles. The first kappa shape index (κ1) is 21.7. The molecule has 156 valence electrons. The molecule has 2 heterocycles. The molecule has 2 N–H and O–H groups in total. The van der Waals surface area contributed by atoms with Gasteiger partial charge in [0, 0.05) is 19.3 Å². The predicted octanol–water partition coefficient (Wildman–Crippen LogP) is 2.67. The van der Waals surface area contributed by atoms with E-state index in [1.807, 2.05) is 11.8 Å². The third-order valence-corrected chi connectivity index (χ3v) is 6.64. The Balaban J connectivity index is 1.50. The van der Waals surface area contributed by atoms with Crippen LogP contribution in [-0.2, 0) is 14.8 Å². The van der Waals surface area contributed by atoms with E-state index in [9.17, 15) is 13.2 Å². The number of amides is 1. The molecule has 9 heteroatoms. The highest BCUT2D eigenvalue weighted by atomic mass is 35.5. The van der Waals surface area contributed by atoms with Crippen LogP contribution in [0.5, 0.6) is 0 Å². The summed E-state index contributed by atoms with van der Waals surface area (Å²) in [6, 6.07) is 10.2. The van der Waals surface area contributed by atoms with Crippen molar-refractivity contribution >= 4 is 33.2 Å². The van der Waals surface area contributed by atoms with Gasteiger partial charge in [-0.2, -0.15) is 0 Å². The highest BCUT2D eigenvalue weighted by molar-refractivity contribution is 7.89. The molecule has 1 aliphatic rings. The molecule has 1 fully saturated rings. The predicted molar refractivity (Wildman–Crippen MR) is 113 cm³/mol. The first-order valence-corrected chi connectivity index (χ1v) is 11.4. The summed E-state index contributed by atoms with van der Waals surface area (Å²) in [5, 5.41) is 3.02. The summed E-state index contributed by atoms with van der Waals surface area (Å²) in [5.41, 5.74) is 1.50. The van der Waals surface area contributed by atoms with Crippen molar-refractivity contribution in [2.75, 3.05) is 31.5 Å². The Hall–Kier alpha value is -2.00. The van der Waals surface area contributed by atoms with Crippen molar-refractivity contribution in [1.82, 2.24) is 14.6 Å². The largest absolute Gasteiger partial charge is 0.322 e. The molecule has 3 rings (SSSR count). The van der Waals surface area contributed by atoms with Crippen molar-refractivity contribution < 1.29 is 13.2 Å². The van der Waals surface area contributed by atoms with E-state index in [1.165, 1.54) is 0 Å². The molecule has 29 heavy (non-hydrogen) atoms. The number of hydrogen-bond donors (Lipinski definition) is 2. The Morgan fingerprint density at radius 1 is 1.28 bits per heavy atom. The Kier molecular flexibility index (Phi) is 7.23. The van der Waals surface area contributed by atoms with Crippen LogP contribution < -0.4 is 10.0 Å². The average molecular weight is 437 g/mol. The fraction of sp³-hybridized carbons (Fsp3) is 0.400. The number of carbonyl (C=O) groups is 1. The molecule has 0 radical (unpaired) electrons. The van der Waals surface area contributed by atoms with E-state index in [0.29, 0.717) is 18.8 Å². The van der Waals surface area contributed by atoms with Gasteiger partial charge in [0.05, 0.1) is 17.1 Å². The summed E-state index contributed by atoms with van der Waals surface area (Å²) in [6.45, 7) is 3.95. The average Bonchev–Trinajstić information content (AvgIpc) is 2.69. The van der Waals surface area contributed by atoms with E-state index in [4.69, 9.17) is 11.6 Å². The quantitative estimate of drug-likeness (QED) is 0.651. The van der Waals surface area contributed by atoms with Gasteiger partial charge >= 0.3 is 0 Å². The maximum atomic E-state index is 12.5. The molecule has 1 aliphatic heterocycles. The summed E-state index contributed by atoms with van der Waals surface area (Å²) in [5.74, 6) is -0.0143. The monoisotopic (exact) mass is 436 g/mol. The van der Waals surface area contributed by atoms with Gasteiger partial charge in [0.2, 0.25) is 15.9 Å². The Labute approximate surface area is 176 Å². The number of aromatic nitrogens is 1. The first-order chi connectivity index (χ1) is 13.8. The summed E-state index contributed by atoms with van der Waals surface area (Å²) < 4.78 is 27.7. The molecule has 2 aromatic rings. The number of hydrogen-bond acceptors (Lipinski definition) is 5. The number of anilines is 1. The molecule has 1 aromatic carbocycles. The van der Waals surface area contributed by atoms with Crippen molar-refractivity contribution in [2.24, 2.45) is 5.92 Å². The van der Waals surface area contributed by atoms with Crippen LogP contribution in [0.2, 0.25) is 5.15 Å². The molecule has 0 aliphatic carbocycles. The third kappa shape index (κ3) is 6.24. The highest BCUT2D eigenvalue weighted by Gasteiger charge is 2.24. The highest BCUT2D eigenvalue weighted by Crippen LogP contribution is 2.19. The van der Waals surface area contributed by atoms with Gasteiger partial charge in [0.25, 0.3) is 0 Å². The lowest BCUT2D eigenvalue weighted by Gasteiger charge is -2.32. The maximum absolute atomic E-state index is 12.5. The topological polar surface area (TPSA) is 91.4 Å². The van der Waals surface area contributed by atoms with E-state index >= 15 is 0 Å². The number of sulfonamides is 1. The molecular formula is C20H25ClN4O3S. The van der Waals surface area contributed by atoms with Crippen LogP contribution in [0, 0.1) is 12.8 Å². The van der Waals surface area contributed by atoms with Crippen molar-refractivity contribution in [3.8, 4) is 0 Å². The number of benzene rings is 1. The van der Waals surface area contributed by atoms with Gasteiger partial charge in [-0.15, -0.1) is 0 Å². The van der Waals surface area contributed by atoms with Gasteiger partial charge in [-0.3, -0.25) is 9.69 Å². The van der Waals surface area contributed by atoms with Crippen molar-refractivity contribution in [2.45, 2.75) is 24.7 Å². The van der Waals surface area contributed by atoms with Crippen molar-refractivity contribution in [3.63, 3.8) is 0 Å². The number of carbonyl (C=O) groups excluding carboxylic acids is 1. The molecule has 1 amide bonds. The minimum absolute atomic E-state index is 0.152. The van der Waals surface area contributed by atoms with Gasteiger partial charge in [0.1, 0.15) is 0 Å². The summed E-state index contributed by atoms with van der Waals surface area (Å²) >= 11 is 5.97. The Morgan fingerprint density at radius 3 is 2.76 bits per heavy atom. The smallest absolute Gasteiger partial charge is 0.240 e. The standard InChI is InChI=1S/C20H25ClN4O3S/c1-15-6-8-17(9-7-15)29(27,28)23-12-16-4-3-11-25(13-16)14-19(26)24-18-5-2-10-22-20(18)21/h2,5-10,16,23H,3-4,11-14H2,1H3,(H,24,26). The van der Waals surface area contributed by atoms with Crippen LogP contribution >= 0.6 is 11.6 Å². The summed E-state index contributed by atoms with van der Waals surface area (Å²) in [6.07, 6.45) is 3.39. The van der Waals surface area contributed by atoms with E-state index in [1.54, 1.807) is 42.6 Å². The van der Waals surface area contributed by atoms with Gasteiger partial charge in [0.15, 0.2) is 5.15 Å². The second-order valence-electron chi connectivity index (χ2n) is 7.30. The Morgan fingerprint density at radius 2 is 2.03 bits per heavy atom. The fourth-order valence-corrected chi connectivity index (χ4v) is 4.64.